The SMILES string of the molecule is CCNC(=O)NC(=O)CN[C@@H]1CS(=O)(=O)C[C@@H]1N1CCCCC1. The van der Waals surface area contributed by atoms with Crippen LogP contribution in [0.2, 0.25) is 0 Å². The summed E-state index contributed by atoms with van der Waals surface area (Å²) in [5.74, 6) is -0.275. The lowest BCUT2D eigenvalue weighted by molar-refractivity contribution is -0.119. The second-order valence-corrected chi connectivity index (χ2v) is 8.29. The topological polar surface area (TPSA) is 108 Å². The molecule has 3 N–H and O–H groups in total. The van der Waals surface area contributed by atoms with E-state index in [-0.39, 0.29) is 30.1 Å². The Kier molecular flexibility index (Phi) is 6.37. The van der Waals surface area contributed by atoms with E-state index in [1.807, 2.05) is 0 Å². The Morgan fingerprint density at radius 1 is 1.13 bits per heavy atom. The van der Waals surface area contributed by atoms with Crippen LogP contribution in [-0.4, -0.2) is 75.0 Å². The summed E-state index contributed by atoms with van der Waals surface area (Å²) in [6.07, 6.45) is 3.35. The van der Waals surface area contributed by atoms with Gasteiger partial charge in [-0.25, -0.2) is 13.2 Å². The van der Waals surface area contributed by atoms with E-state index in [9.17, 15) is 18.0 Å². The molecule has 2 rings (SSSR count). The first-order chi connectivity index (χ1) is 10.9. The average molecular weight is 346 g/mol. The fourth-order valence-electron chi connectivity index (χ4n) is 3.23. The molecule has 2 atom stereocenters. The monoisotopic (exact) mass is 346 g/mol. The van der Waals surface area contributed by atoms with Gasteiger partial charge in [-0.3, -0.25) is 15.0 Å². The average Bonchev–Trinajstić information content (AvgIpc) is 2.81. The van der Waals surface area contributed by atoms with Gasteiger partial charge in [-0.05, 0) is 32.9 Å². The van der Waals surface area contributed by atoms with Gasteiger partial charge < -0.3 is 10.6 Å². The van der Waals surface area contributed by atoms with Gasteiger partial charge in [0, 0.05) is 18.6 Å². The summed E-state index contributed by atoms with van der Waals surface area (Å²) in [7, 11) is -3.09. The van der Waals surface area contributed by atoms with E-state index in [0.717, 1.165) is 25.9 Å². The fourth-order valence-corrected chi connectivity index (χ4v) is 5.22. The maximum absolute atomic E-state index is 12.0. The second kappa shape index (κ2) is 8.07. The molecule has 0 aliphatic carbocycles. The van der Waals surface area contributed by atoms with Gasteiger partial charge in [-0.15, -0.1) is 0 Å². The molecule has 2 heterocycles. The summed E-state index contributed by atoms with van der Waals surface area (Å²) in [6, 6.07) is -0.887. The number of carbonyl (C=O) groups excluding carboxylic acids is 2. The van der Waals surface area contributed by atoms with Crippen molar-refractivity contribution in [1.82, 2.24) is 20.9 Å². The number of nitrogens with zero attached hydrogens (tertiary/aromatic N) is 1. The van der Waals surface area contributed by atoms with Gasteiger partial charge in [0.05, 0.1) is 18.1 Å². The van der Waals surface area contributed by atoms with Gasteiger partial charge in [0.25, 0.3) is 0 Å². The summed E-state index contributed by atoms with van der Waals surface area (Å²) in [5.41, 5.74) is 0. The zero-order valence-corrected chi connectivity index (χ0v) is 14.3. The third-order valence-corrected chi connectivity index (χ3v) is 6.01. The lowest BCUT2D eigenvalue weighted by Gasteiger charge is -2.35. The van der Waals surface area contributed by atoms with E-state index in [0.29, 0.717) is 6.54 Å². The van der Waals surface area contributed by atoms with E-state index in [4.69, 9.17) is 0 Å². The van der Waals surface area contributed by atoms with Crippen molar-refractivity contribution in [2.24, 2.45) is 0 Å². The molecule has 3 amide bonds. The zero-order valence-electron chi connectivity index (χ0n) is 13.5. The highest BCUT2D eigenvalue weighted by atomic mass is 32.2. The number of imide groups is 1. The quantitative estimate of drug-likeness (QED) is 0.594. The molecule has 2 aliphatic heterocycles. The lowest BCUT2D eigenvalue weighted by atomic mass is 10.1. The normalized spacial score (nSPS) is 27.5. The van der Waals surface area contributed by atoms with Crippen molar-refractivity contribution >= 4 is 21.8 Å². The Balaban J connectivity index is 1.88. The standard InChI is InChI=1S/C14H26N4O4S/c1-2-15-14(20)17-13(19)8-16-11-9-23(21,22)10-12(11)18-6-4-3-5-7-18/h11-12,16H,2-10H2,1H3,(H2,15,17,19,20)/t11-,12+/m1/s1. The minimum absolute atomic E-state index is 0.0442. The van der Waals surface area contributed by atoms with E-state index in [1.165, 1.54) is 6.42 Å². The number of rotatable bonds is 5. The van der Waals surface area contributed by atoms with Gasteiger partial charge in [0.15, 0.2) is 9.84 Å². The van der Waals surface area contributed by atoms with Crippen LogP contribution in [0.1, 0.15) is 26.2 Å². The van der Waals surface area contributed by atoms with Gasteiger partial charge in [0.2, 0.25) is 5.91 Å². The van der Waals surface area contributed by atoms with Gasteiger partial charge in [-0.2, -0.15) is 0 Å². The van der Waals surface area contributed by atoms with Crippen LogP contribution in [0.5, 0.6) is 0 Å². The number of sulfone groups is 1. The maximum Gasteiger partial charge on any atom is 0.321 e. The van der Waals surface area contributed by atoms with Crippen LogP contribution in [0.3, 0.4) is 0 Å². The number of piperidine rings is 1. The molecule has 132 valence electrons. The molecule has 23 heavy (non-hydrogen) atoms. The maximum atomic E-state index is 12.0. The molecule has 2 aliphatic rings. The van der Waals surface area contributed by atoms with Crippen LogP contribution in [0.4, 0.5) is 4.79 Å². The highest BCUT2D eigenvalue weighted by Crippen LogP contribution is 2.22. The second-order valence-electron chi connectivity index (χ2n) is 6.14. The molecule has 0 aromatic rings. The van der Waals surface area contributed by atoms with Crippen molar-refractivity contribution in [3.63, 3.8) is 0 Å². The molecule has 0 spiro atoms. The molecule has 9 heteroatoms. The minimum Gasteiger partial charge on any atom is -0.338 e. The first-order valence-corrected chi connectivity index (χ1v) is 9.99. The van der Waals surface area contributed by atoms with Crippen molar-refractivity contribution in [2.45, 2.75) is 38.3 Å². The van der Waals surface area contributed by atoms with Crippen molar-refractivity contribution in [3.05, 3.63) is 0 Å². The van der Waals surface area contributed by atoms with Crippen LogP contribution in [0.25, 0.3) is 0 Å². The summed E-state index contributed by atoms with van der Waals surface area (Å²) in [4.78, 5) is 25.2. The molecule has 0 bridgehead atoms. The number of hydrogen-bond acceptors (Lipinski definition) is 6. The number of nitrogens with one attached hydrogen (secondary N) is 3. The smallest absolute Gasteiger partial charge is 0.321 e. The third-order valence-electron chi connectivity index (χ3n) is 4.30. The Morgan fingerprint density at radius 2 is 1.83 bits per heavy atom. The molecule has 0 aromatic heterocycles. The molecular formula is C14H26N4O4S. The Morgan fingerprint density at radius 3 is 2.48 bits per heavy atom. The minimum atomic E-state index is -3.09. The van der Waals surface area contributed by atoms with E-state index in [2.05, 4.69) is 20.9 Å². The summed E-state index contributed by atoms with van der Waals surface area (Å²) < 4.78 is 23.9. The Hall–Kier alpha value is -1.19. The van der Waals surface area contributed by atoms with Crippen LogP contribution in [0, 0.1) is 0 Å². The highest BCUT2D eigenvalue weighted by molar-refractivity contribution is 7.91. The van der Waals surface area contributed by atoms with Gasteiger partial charge in [0.1, 0.15) is 0 Å². The first kappa shape index (κ1) is 18.2. The van der Waals surface area contributed by atoms with Crippen molar-refractivity contribution in [2.75, 3.05) is 37.7 Å². The summed E-state index contributed by atoms with van der Waals surface area (Å²) in [6.45, 7) is 3.94. The number of amides is 3. The van der Waals surface area contributed by atoms with E-state index >= 15 is 0 Å². The molecule has 2 saturated heterocycles. The lowest BCUT2D eigenvalue weighted by Crippen LogP contribution is -2.53. The third kappa shape index (κ3) is 5.43. The Bertz CT molecular complexity index is 531. The van der Waals surface area contributed by atoms with Crippen molar-refractivity contribution in [3.8, 4) is 0 Å². The van der Waals surface area contributed by atoms with Crippen molar-refractivity contribution in [1.29, 1.82) is 0 Å². The molecule has 0 unspecified atom stereocenters. The fraction of sp³-hybridized carbons (Fsp3) is 0.857. The largest absolute Gasteiger partial charge is 0.338 e. The molecule has 0 radical (unpaired) electrons. The van der Waals surface area contributed by atoms with Crippen LogP contribution in [0.15, 0.2) is 0 Å². The highest BCUT2D eigenvalue weighted by Gasteiger charge is 2.41. The number of urea groups is 1. The van der Waals surface area contributed by atoms with Gasteiger partial charge >= 0.3 is 6.03 Å². The first-order valence-electron chi connectivity index (χ1n) is 8.17. The molecule has 8 nitrogen and oxygen atoms in total. The van der Waals surface area contributed by atoms with Crippen LogP contribution < -0.4 is 16.0 Å². The van der Waals surface area contributed by atoms with E-state index < -0.39 is 21.8 Å². The summed E-state index contributed by atoms with van der Waals surface area (Å²) in [5, 5.41) is 7.70. The predicted octanol–water partition coefficient (Wildman–Crippen LogP) is -0.927. The molecule has 2 fully saturated rings. The van der Waals surface area contributed by atoms with Crippen LogP contribution in [-0.2, 0) is 14.6 Å². The predicted molar refractivity (Wildman–Crippen MR) is 86.9 cm³/mol. The molecule has 0 aromatic carbocycles. The number of hydrogen-bond donors (Lipinski definition) is 3. The van der Waals surface area contributed by atoms with E-state index in [1.54, 1.807) is 6.92 Å². The number of carbonyl (C=O) groups is 2. The van der Waals surface area contributed by atoms with Gasteiger partial charge in [-0.1, -0.05) is 6.42 Å². The van der Waals surface area contributed by atoms with Crippen LogP contribution >= 0.6 is 0 Å². The van der Waals surface area contributed by atoms with Crippen molar-refractivity contribution < 1.29 is 18.0 Å². The molecular weight excluding hydrogens is 320 g/mol. The zero-order chi connectivity index (χ0) is 16.9. The number of likely N-dealkylation sites (tertiary alicyclic amines) is 1. The molecule has 0 saturated carbocycles. The Labute approximate surface area is 137 Å². The summed E-state index contributed by atoms with van der Waals surface area (Å²) >= 11 is 0.